The zero-order valence-corrected chi connectivity index (χ0v) is 17.0. The lowest BCUT2D eigenvalue weighted by molar-refractivity contribution is -0.384. The van der Waals surface area contributed by atoms with Crippen molar-refractivity contribution in [1.29, 1.82) is 0 Å². The summed E-state index contributed by atoms with van der Waals surface area (Å²) in [5.74, 6) is -0.593. The Labute approximate surface area is 173 Å². The van der Waals surface area contributed by atoms with Gasteiger partial charge >= 0.3 is 0 Å². The summed E-state index contributed by atoms with van der Waals surface area (Å²) in [7, 11) is -3.76. The van der Waals surface area contributed by atoms with Crippen LogP contribution in [-0.4, -0.2) is 32.0 Å². The van der Waals surface area contributed by atoms with Crippen LogP contribution in [0.1, 0.15) is 11.1 Å². The Hall–Kier alpha value is -3.46. The van der Waals surface area contributed by atoms with E-state index in [4.69, 9.17) is 0 Å². The minimum absolute atomic E-state index is 0.166. The number of benzene rings is 3. The van der Waals surface area contributed by atoms with Gasteiger partial charge in [-0.2, -0.15) is 0 Å². The molecule has 1 aliphatic rings. The van der Waals surface area contributed by atoms with Crippen LogP contribution in [0.15, 0.2) is 54.6 Å². The van der Waals surface area contributed by atoms with Gasteiger partial charge in [-0.15, -0.1) is 0 Å². The van der Waals surface area contributed by atoms with Crippen LogP contribution in [0, 0.1) is 10.1 Å². The average molecular weight is 425 g/mol. The molecule has 3 aromatic carbocycles. The number of nitro groups is 1. The van der Waals surface area contributed by atoms with E-state index in [-0.39, 0.29) is 11.4 Å². The van der Waals surface area contributed by atoms with E-state index in [1.165, 1.54) is 35.4 Å². The highest BCUT2D eigenvalue weighted by Crippen LogP contribution is 2.37. The summed E-state index contributed by atoms with van der Waals surface area (Å²) in [5, 5.41) is 15.3. The van der Waals surface area contributed by atoms with Gasteiger partial charge in [0, 0.05) is 23.2 Å². The Morgan fingerprint density at radius 1 is 1.10 bits per heavy atom. The first-order valence-corrected chi connectivity index (χ1v) is 11.1. The Bertz CT molecular complexity index is 1280. The topological polar surface area (TPSA) is 110 Å². The van der Waals surface area contributed by atoms with E-state index in [0.717, 1.165) is 34.2 Å². The van der Waals surface area contributed by atoms with Gasteiger partial charge < -0.3 is 5.32 Å². The Balaban J connectivity index is 1.67. The van der Waals surface area contributed by atoms with Gasteiger partial charge in [0.1, 0.15) is 6.54 Å². The molecule has 0 atom stereocenters. The summed E-state index contributed by atoms with van der Waals surface area (Å²) < 4.78 is 26.2. The molecule has 0 saturated carbocycles. The summed E-state index contributed by atoms with van der Waals surface area (Å²) in [6.45, 7) is -0.444. The number of sulfonamides is 1. The molecular weight excluding hydrogens is 406 g/mol. The second kappa shape index (κ2) is 7.42. The van der Waals surface area contributed by atoms with Crippen molar-refractivity contribution in [3.63, 3.8) is 0 Å². The Kier molecular flexibility index (Phi) is 4.90. The van der Waals surface area contributed by atoms with E-state index in [9.17, 15) is 23.3 Å². The lowest BCUT2D eigenvalue weighted by atomic mass is 10.0. The van der Waals surface area contributed by atoms with Gasteiger partial charge in [0.05, 0.1) is 16.9 Å². The van der Waals surface area contributed by atoms with E-state index < -0.39 is 27.4 Å². The van der Waals surface area contributed by atoms with Crippen molar-refractivity contribution in [2.45, 2.75) is 12.8 Å². The fourth-order valence-corrected chi connectivity index (χ4v) is 4.73. The molecule has 0 unspecified atom stereocenters. The smallest absolute Gasteiger partial charge is 0.271 e. The molecule has 1 amide bonds. The zero-order chi connectivity index (χ0) is 21.5. The van der Waals surface area contributed by atoms with Crippen molar-refractivity contribution in [1.82, 2.24) is 0 Å². The highest BCUT2D eigenvalue weighted by atomic mass is 32.2. The summed E-state index contributed by atoms with van der Waals surface area (Å²) in [6, 6.07) is 14.9. The van der Waals surface area contributed by atoms with Gasteiger partial charge in [-0.1, -0.05) is 30.3 Å². The van der Waals surface area contributed by atoms with Crippen molar-refractivity contribution < 1.29 is 18.1 Å². The monoisotopic (exact) mass is 425 g/mol. The predicted molar refractivity (Wildman–Crippen MR) is 115 cm³/mol. The first-order valence-electron chi connectivity index (χ1n) is 9.29. The highest BCUT2D eigenvalue weighted by molar-refractivity contribution is 7.92. The molecule has 0 bridgehead atoms. The lowest BCUT2D eigenvalue weighted by Crippen LogP contribution is -2.37. The molecule has 8 nitrogen and oxygen atoms in total. The highest BCUT2D eigenvalue weighted by Gasteiger charge is 2.25. The number of anilines is 2. The quantitative estimate of drug-likeness (QED) is 0.482. The van der Waals surface area contributed by atoms with Crippen LogP contribution in [0.3, 0.4) is 0 Å². The maximum Gasteiger partial charge on any atom is 0.271 e. The molecule has 4 rings (SSSR count). The number of nitro benzene ring substituents is 1. The molecule has 0 spiro atoms. The number of nitrogens with zero attached hydrogens (tertiary/aromatic N) is 2. The van der Waals surface area contributed by atoms with E-state index in [2.05, 4.69) is 5.32 Å². The van der Waals surface area contributed by atoms with Crippen molar-refractivity contribution in [3.8, 4) is 0 Å². The molecule has 30 heavy (non-hydrogen) atoms. The molecule has 0 heterocycles. The largest absolute Gasteiger partial charge is 0.324 e. The van der Waals surface area contributed by atoms with Gasteiger partial charge in [-0.3, -0.25) is 19.2 Å². The second-order valence-corrected chi connectivity index (χ2v) is 9.12. The molecule has 9 heteroatoms. The van der Waals surface area contributed by atoms with Crippen LogP contribution in [0.2, 0.25) is 0 Å². The Morgan fingerprint density at radius 2 is 1.80 bits per heavy atom. The molecule has 3 aromatic rings. The third-order valence-electron chi connectivity index (χ3n) is 5.15. The minimum Gasteiger partial charge on any atom is -0.324 e. The molecular formula is C21H19N3O5S. The SMILES string of the molecule is CS(=O)(=O)N(CC(=O)Nc1cccc([N+](=O)[O-])c1)c1ccc2c3c(cccc13)CC2. The van der Waals surface area contributed by atoms with Crippen LogP contribution in [0.4, 0.5) is 17.1 Å². The standard InChI is InChI=1S/C21H19N3O5S/c1-30(28,29)23(13-20(25)22-16-5-3-6-17(12-16)24(26)27)19-11-10-15-9-8-14-4-2-7-18(19)21(14)15/h2-7,10-12H,8-9,13H2,1H3,(H,22,25). The van der Waals surface area contributed by atoms with Crippen molar-refractivity contribution in [3.05, 3.63) is 75.8 Å². The summed E-state index contributed by atoms with van der Waals surface area (Å²) in [5.41, 5.74) is 2.83. The molecule has 1 aliphatic carbocycles. The molecule has 0 aliphatic heterocycles. The number of rotatable bonds is 6. The van der Waals surface area contributed by atoms with Gasteiger partial charge in [0.15, 0.2) is 0 Å². The maximum absolute atomic E-state index is 12.6. The average Bonchev–Trinajstić information content (AvgIpc) is 3.11. The number of amides is 1. The second-order valence-electron chi connectivity index (χ2n) is 7.21. The van der Waals surface area contributed by atoms with Gasteiger partial charge in [0.2, 0.25) is 15.9 Å². The molecule has 0 saturated heterocycles. The van der Waals surface area contributed by atoms with Crippen LogP contribution in [0.5, 0.6) is 0 Å². The number of hydrogen-bond donors (Lipinski definition) is 1. The van der Waals surface area contributed by atoms with Crippen molar-refractivity contribution in [2.24, 2.45) is 0 Å². The number of nitrogens with one attached hydrogen (secondary N) is 1. The maximum atomic E-state index is 12.6. The van der Waals surface area contributed by atoms with Crippen LogP contribution in [0.25, 0.3) is 10.8 Å². The van der Waals surface area contributed by atoms with Crippen molar-refractivity contribution >= 4 is 43.8 Å². The third kappa shape index (κ3) is 3.71. The van der Waals surface area contributed by atoms with E-state index in [0.29, 0.717) is 5.69 Å². The number of carbonyl (C=O) groups is 1. The minimum atomic E-state index is -3.76. The lowest BCUT2D eigenvalue weighted by Gasteiger charge is -2.24. The van der Waals surface area contributed by atoms with E-state index in [1.807, 2.05) is 24.3 Å². The molecule has 0 radical (unpaired) electrons. The zero-order valence-electron chi connectivity index (χ0n) is 16.2. The van der Waals surface area contributed by atoms with Crippen molar-refractivity contribution in [2.75, 3.05) is 22.4 Å². The number of aryl methyl sites for hydroxylation is 2. The fourth-order valence-electron chi connectivity index (χ4n) is 3.86. The van der Waals surface area contributed by atoms with Gasteiger partial charge in [0.25, 0.3) is 5.69 Å². The number of hydrogen-bond acceptors (Lipinski definition) is 5. The fraction of sp³-hybridized carbons (Fsp3) is 0.190. The summed E-state index contributed by atoms with van der Waals surface area (Å²) >= 11 is 0. The summed E-state index contributed by atoms with van der Waals surface area (Å²) in [6.07, 6.45) is 2.86. The predicted octanol–water partition coefficient (Wildman–Crippen LogP) is 3.25. The van der Waals surface area contributed by atoms with Crippen LogP contribution >= 0.6 is 0 Å². The van der Waals surface area contributed by atoms with Gasteiger partial charge in [-0.05, 0) is 41.5 Å². The van der Waals surface area contributed by atoms with E-state index >= 15 is 0 Å². The van der Waals surface area contributed by atoms with Crippen LogP contribution < -0.4 is 9.62 Å². The summed E-state index contributed by atoms with van der Waals surface area (Å²) in [4.78, 5) is 23.0. The molecule has 154 valence electrons. The number of non-ortho nitro benzene ring substituents is 1. The normalized spacial score (nSPS) is 12.7. The first kappa shape index (κ1) is 19.8. The number of carbonyl (C=O) groups excluding carboxylic acids is 1. The van der Waals surface area contributed by atoms with E-state index in [1.54, 1.807) is 6.07 Å². The third-order valence-corrected chi connectivity index (χ3v) is 6.28. The Morgan fingerprint density at radius 3 is 2.50 bits per heavy atom. The molecule has 1 N–H and O–H groups in total. The first-order chi connectivity index (χ1) is 14.2. The molecule has 0 fully saturated rings. The molecule has 0 aromatic heterocycles. The van der Waals surface area contributed by atoms with Crippen LogP contribution in [-0.2, 0) is 27.7 Å². The van der Waals surface area contributed by atoms with Gasteiger partial charge in [-0.25, -0.2) is 8.42 Å².